The van der Waals surface area contributed by atoms with Gasteiger partial charge in [-0.1, -0.05) is 30.3 Å². The molecule has 2 atom stereocenters. The molecule has 0 aliphatic rings. The second-order valence-electron chi connectivity index (χ2n) is 2.09. The minimum Gasteiger partial charge on any atom is -0.345 e. The fourth-order valence-corrected chi connectivity index (χ4v) is 1.18. The van der Waals surface area contributed by atoms with E-state index in [2.05, 4.69) is 0 Å². The van der Waals surface area contributed by atoms with Crippen molar-refractivity contribution in [2.24, 2.45) is 0 Å². The van der Waals surface area contributed by atoms with E-state index in [1.807, 2.05) is 0 Å². The molecule has 0 heterocycles. The number of benzene rings is 1. The molecule has 0 aromatic heterocycles. The molecule has 1 aromatic carbocycles. The van der Waals surface area contributed by atoms with Crippen LogP contribution in [0, 0.1) is 0 Å². The van der Waals surface area contributed by atoms with Crippen LogP contribution in [-0.4, -0.2) is 10.00 Å². The zero-order valence-corrected chi connectivity index (χ0v) is 10.3. The topological polar surface area (TPSA) is 57.5 Å². The molecule has 1 aromatic rings. The monoisotopic (exact) mass is 352 g/mol. The Morgan fingerprint density at radius 2 is 1.75 bits per heavy atom. The quantitative estimate of drug-likeness (QED) is 0.792. The molecule has 1 radical (unpaired) electrons. The van der Waals surface area contributed by atoms with Gasteiger partial charge in [-0.25, -0.2) is 0 Å². The summed E-state index contributed by atoms with van der Waals surface area (Å²) in [4.78, 5) is 8.53. The molecule has 0 amide bonds. The third-order valence-electron chi connectivity index (χ3n) is 1.31. The van der Waals surface area contributed by atoms with Crippen molar-refractivity contribution >= 4 is 8.03 Å². The second-order valence-corrected chi connectivity index (χ2v) is 3.18. The molecular weight excluding hydrogens is 344 g/mol. The van der Waals surface area contributed by atoms with Crippen LogP contribution < -0.4 is 0 Å². The van der Waals surface area contributed by atoms with Gasteiger partial charge in [0, 0.05) is 27.9 Å². The van der Waals surface area contributed by atoms with E-state index in [0.717, 1.165) is 0 Å². The van der Waals surface area contributed by atoms with Crippen molar-refractivity contribution in [3.05, 3.63) is 35.9 Å². The van der Waals surface area contributed by atoms with Crippen molar-refractivity contribution in [3.8, 4) is 0 Å². The van der Waals surface area contributed by atoms with Gasteiger partial charge in [0.2, 0.25) is 0 Å². The first-order chi connectivity index (χ1) is 5.22. The molecule has 0 fully saturated rings. The van der Waals surface area contributed by atoms with Crippen molar-refractivity contribution in [2.45, 2.75) is 5.85 Å². The van der Waals surface area contributed by atoms with E-state index < -0.39 is 13.9 Å². The van der Waals surface area contributed by atoms with Crippen LogP contribution >= 0.6 is 8.03 Å². The first kappa shape index (κ1) is 12.0. The summed E-state index contributed by atoms with van der Waals surface area (Å²) in [5.74, 6) is -1.26. The maximum Gasteiger partial charge on any atom is 0.542 e. The maximum absolute atomic E-state index is 10.4. The molecule has 12 heavy (non-hydrogen) atoms. The first-order valence-electron chi connectivity index (χ1n) is 3.10. The van der Waals surface area contributed by atoms with Crippen LogP contribution in [0.25, 0.3) is 0 Å². The Hall–Kier alpha value is -0.0197. The van der Waals surface area contributed by atoms with Crippen LogP contribution in [0.1, 0.15) is 11.4 Å². The summed E-state index contributed by atoms with van der Waals surface area (Å²) < 4.78 is 10.4. The molecule has 3 nitrogen and oxygen atoms in total. The smallest absolute Gasteiger partial charge is 0.345 e. The third-order valence-corrected chi connectivity index (χ3v) is 2.02. The maximum atomic E-state index is 10.4. The molecule has 0 aliphatic carbocycles. The Kier molecular flexibility index (Phi) is 5.59. The van der Waals surface area contributed by atoms with E-state index >= 15 is 0 Å². The first-order valence-corrected chi connectivity index (χ1v) is 4.38. The molecular formula is C7H8O3PTa+. The number of hydrogen-bond donors (Lipinski definition) is 2. The zero-order valence-electron chi connectivity index (χ0n) is 6.16. The molecule has 2 N–H and O–H groups in total. The number of aliphatic hydroxyl groups is 1. The largest absolute Gasteiger partial charge is 0.542 e. The summed E-state index contributed by atoms with van der Waals surface area (Å²) in [7, 11) is -2.53. The van der Waals surface area contributed by atoms with Gasteiger partial charge >= 0.3 is 13.9 Å². The SMILES string of the molecule is O=[P+](O)C(O)c1ccccc1.[Ta]. The van der Waals surface area contributed by atoms with E-state index in [1.54, 1.807) is 30.3 Å². The Balaban J connectivity index is 0.00000121. The van der Waals surface area contributed by atoms with Gasteiger partial charge in [0.1, 0.15) is 0 Å². The summed E-state index contributed by atoms with van der Waals surface area (Å²) in [6.07, 6.45) is 0. The normalized spacial score (nSPS) is 13.0. The van der Waals surface area contributed by atoms with Crippen LogP contribution in [0.2, 0.25) is 0 Å². The van der Waals surface area contributed by atoms with E-state index in [1.165, 1.54) is 0 Å². The summed E-state index contributed by atoms with van der Waals surface area (Å²) in [5, 5.41) is 9.06. The molecule has 1 rings (SSSR count). The Morgan fingerprint density at radius 3 is 2.17 bits per heavy atom. The summed E-state index contributed by atoms with van der Waals surface area (Å²) in [6, 6.07) is 8.40. The minimum absolute atomic E-state index is 0. The van der Waals surface area contributed by atoms with Crippen molar-refractivity contribution in [2.75, 3.05) is 0 Å². The average molecular weight is 352 g/mol. The summed E-state index contributed by atoms with van der Waals surface area (Å²) >= 11 is 0. The van der Waals surface area contributed by atoms with Gasteiger partial charge in [-0.2, -0.15) is 4.89 Å². The second kappa shape index (κ2) is 5.60. The summed E-state index contributed by atoms with van der Waals surface area (Å²) in [6.45, 7) is 0. The fourth-order valence-electron chi connectivity index (χ4n) is 0.753. The fraction of sp³-hybridized carbons (Fsp3) is 0.143. The molecule has 0 saturated heterocycles. The van der Waals surface area contributed by atoms with Crippen LogP contribution in [0.15, 0.2) is 30.3 Å². The average Bonchev–Trinajstić information content (AvgIpc) is 2.05. The molecule has 0 aliphatic heterocycles. The van der Waals surface area contributed by atoms with Crippen LogP contribution in [0.5, 0.6) is 0 Å². The van der Waals surface area contributed by atoms with Crippen molar-refractivity contribution in [1.82, 2.24) is 0 Å². The molecule has 0 spiro atoms. The standard InChI is InChI=1S/C7H7O3P.Ta/c8-7(11(9)10)6-4-2-1-3-5-6;/h1-5,7-8H;/p+1. The Morgan fingerprint density at radius 1 is 1.25 bits per heavy atom. The summed E-state index contributed by atoms with van der Waals surface area (Å²) in [5.41, 5.74) is 0.469. The van der Waals surface area contributed by atoms with Gasteiger partial charge < -0.3 is 5.11 Å². The van der Waals surface area contributed by atoms with Gasteiger partial charge in [0.15, 0.2) is 0 Å². The van der Waals surface area contributed by atoms with Crippen molar-refractivity contribution in [1.29, 1.82) is 0 Å². The predicted molar refractivity (Wildman–Crippen MR) is 41.2 cm³/mol. The van der Waals surface area contributed by atoms with E-state index in [0.29, 0.717) is 5.56 Å². The number of aliphatic hydroxyl groups excluding tert-OH is 1. The van der Waals surface area contributed by atoms with Gasteiger partial charge in [0.05, 0.1) is 0 Å². The predicted octanol–water partition coefficient (Wildman–Crippen LogP) is 1.41. The molecule has 5 heteroatoms. The Labute approximate surface area is 86.8 Å². The van der Waals surface area contributed by atoms with Gasteiger partial charge in [-0.15, -0.1) is 0 Å². The number of hydrogen-bond acceptors (Lipinski definition) is 2. The van der Waals surface area contributed by atoms with E-state index in [-0.39, 0.29) is 22.4 Å². The van der Waals surface area contributed by atoms with Crippen molar-refractivity contribution < 1.29 is 36.9 Å². The Bertz CT molecular complexity index is 252. The van der Waals surface area contributed by atoms with Crippen LogP contribution in [0.4, 0.5) is 0 Å². The van der Waals surface area contributed by atoms with Crippen LogP contribution in [0.3, 0.4) is 0 Å². The molecule has 63 valence electrons. The third kappa shape index (κ3) is 3.15. The van der Waals surface area contributed by atoms with Crippen LogP contribution in [-0.2, 0) is 26.9 Å². The zero-order chi connectivity index (χ0) is 8.27. The van der Waals surface area contributed by atoms with Gasteiger partial charge in [0.25, 0.3) is 0 Å². The number of rotatable bonds is 2. The molecule has 2 unspecified atom stereocenters. The van der Waals surface area contributed by atoms with E-state index in [4.69, 9.17) is 10.00 Å². The minimum atomic E-state index is -2.53. The van der Waals surface area contributed by atoms with E-state index in [9.17, 15) is 4.57 Å². The molecule has 0 saturated carbocycles. The van der Waals surface area contributed by atoms with Gasteiger partial charge in [-0.05, 0) is 4.57 Å². The van der Waals surface area contributed by atoms with Crippen molar-refractivity contribution in [3.63, 3.8) is 0 Å². The van der Waals surface area contributed by atoms with Gasteiger partial charge in [-0.3, -0.25) is 0 Å². The molecule has 0 bridgehead atoms.